The van der Waals surface area contributed by atoms with Crippen LogP contribution in [0.3, 0.4) is 0 Å². The van der Waals surface area contributed by atoms with E-state index in [-0.39, 0.29) is 12.5 Å². The Hall–Kier alpha value is -3.36. The number of likely N-dealkylation sites (N-methyl/N-ethyl adjacent to an activating group) is 1. The normalized spacial score (nSPS) is 12.8. The zero-order valence-electron chi connectivity index (χ0n) is 21.1. The number of nitrogens with one attached hydrogen (secondary N) is 2. The molecular formula is C25H37N3O6. The first-order chi connectivity index (χ1) is 15.8. The lowest BCUT2D eigenvalue weighted by Gasteiger charge is -2.32. The average Bonchev–Trinajstić information content (AvgIpc) is 2.75. The molecule has 0 aliphatic rings. The van der Waals surface area contributed by atoms with E-state index in [4.69, 9.17) is 4.74 Å². The zero-order chi connectivity index (χ0) is 26.1. The Labute approximate surface area is 201 Å². The molecule has 0 saturated heterocycles. The second-order valence-corrected chi connectivity index (χ2v) is 9.35. The molecule has 9 heteroatoms. The van der Waals surface area contributed by atoms with Crippen molar-refractivity contribution in [3.63, 3.8) is 0 Å². The van der Waals surface area contributed by atoms with E-state index in [0.717, 1.165) is 5.56 Å². The minimum absolute atomic E-state index is 0.0768. The molecule has 3 amide bonds. The van der Waals surface area contributed by atoms with E-state index in [9.17, 15) is 19.2 Å². The molecule has 0 radical (unpaired) electrons. The van der Waals surface area contributed by atoms with Gasteiger partial charge in [0.05, 0.1) is 7.11 Å². The molecule has 0 bridgehead atoms. The Kier molecular flexibility index (Phi) is 10.8. The molecule has 9 nitrogen and oxygen atoms in total. The standard InChI is InChI=1S/C25H37N3O6/c1-9-17-11-10-12-18(14-17)21(22(30)26-15-20(29)33-8)28(7)23(31)19(13-16(2)3)27-24(32)34-25(4,5)6/h9-12,14,16,19,21H,1,13,15H2,2-8H3,(H,26,30)(H,27,32). The van der Waals surface area contributed by atoms with Crippen molar-refractivity contribution in [1.29, 1.82) is 0 Å². The number of alkyl carbamates (subject to hydrolysis) is 1. The van der Waals surface area contributed by atoms with Crippen LogP contribution >= 0.6 is 0 Å². The van der Waals surface area contributed by atoms with Crippen LogP contribution in [0, 0.1) is 5.92 Å². The van der Waals surface area contributed by atoms with Crippen molar-refractivity contribution < 1.29 is 28.7 Å². The summed E-state index contributed by atoms with van der Waals surface area (Å²) in [6.45, 7) is 12.4. The molecule has 0 aliphatic carbocycles. The van der Waals surface area contributed by atoms with Gasteiger partial charge in [-0.15, -0.1) is 0 Å². The van der Waals surface area contributed by atoms with Gasteiger partial charge in [0.1, 0.15) is 24.2 Å². The van der Waals surface area contributed by atoms with Crippen LogP contribution in [0.15, 0.2) is 30.8 Å². The number of hydrogen-bond acceptors (Lipinski definition) is 6. The molecule has 2 unspecified atom stereocenters. The predicted molar refractivity (Wildman–Crippen MR) is 130 cm³/mol. The lowest BCUT2D eigenvalue weighted by molar-refractivity contribution is -0.144. The Balaban J connectivity index is 3.29. The molecule has 0 aromatic heterocycles. The van der Waals surface area contributed by atoms with Crippen LogP contribution in [0.2, 0.25) is 0 Å². The van der Waals surface area contributed by atoms with Crippen molar-refractivity contribution in [2.45, 2.75) is 58.7 Å². The summed E-state index contributed by atoms with van der Waals surface area (Å²) < 4.78 is 9.90. The Bertz CT molecular complexity index is 891. The minimum Gasteiger partial charge on any atom is -0.468 e. The summed E-state index contributed by atoms with van der Waals surface area (Å²) in [6.07, 6.45) is 1.24. The van der Waals surface area contributed by atoms with Gasteiger partial charge in [0.25, 0.3) is 0 Å². The summed E-state index contributed by atoms with van der Waals surface area (Å²) in [4.78, 5) is 51.8. The lowest BCUT2D eigenvalue weighted by Crippen LogP contribution is -2.52. The molecule has 1 aromatic rings. The fourth-order valence-electron chi connectivity index (χ4n) is 3.25. The topological polar surface area (TPSA) is 114 Å². The fourth-order valence-corrected chi connectivity index (χ4v) is 3.25. The van der Waals surface area contributed by atoms with Gasteiger partial charge in [0.15, 0.2) is 0 Å². The third-order valence-electron chi connectivity index (χ3n) is 4.78. The molecule has 0 heterocycles. The molecule has 0 fully saturated rings. The largest absolute Gasteiger partial charge is 0.468 e. The van der Waals surface area contributed by atoms with Crippen molar-refractivity contribution in [3.8, 4) is 0 Å². The van der Waals surface area contributed by atoms with Crippen LogP contribution < -0.4 is 10.6 Å². The fraction of sp³-hybridized carbons (Fsp3) is 0.520. The van der Waals surface area contributed by atoms with E-state index in [1.165, 1.54) is 19.1 Å². The maximum absolute atomic E-state index is 13.5. The second-order valence-electron chi connectivity index (χ2n) is 9.35. The Morgan fingerprint density at radius 1 is 1.18 bits per heavy atom. The van der Waals surface area contributed by atoms with Gasteiger partial charge in [-0.05, 0) is 50.3 Å². The molecule has 34 heavy (non-hydrogen) atoms. The van der Waals surface area contributed by atoms with E-state index in [1.807, 2.05) is 19.9 Å². The molecule has 0 saturated carbocycles. The van der Waals surface area contributed by atoms with Gasteiger partial charge in [-0.1, -0.05) is 44.7 Å². The van der Waals surface area contributed by atoms with Gasteiger partial charge in [-0.2, -0.15) is 0 Å². The van der Waals surface area contributed by atoms with Gasteiger partial charge in [-0.3, -0.25) is 14.4 Å². The third kappa shape index (κ3) is 9.25. The lowest BCUT2D eigenvalue weighted by atomic mass is 9.98. The van der Waals surface area contributed by atoms with Crippen LogP contribution in [0.25, 0.3) is 6.08 Å². The highest BCUT2D eigenvalue weighted by Gasteiger charge is 2.34. The molecule has 2 atom stereocenters. The van der Waals surface area contributed by atoms with E-state index < -0.39 is 41.6 Å². The maximum Gasteiger partial charge on any atom is 0.408 e. The van der Waals surface area contributed by atoms with Crippen LogP contribution in [-0.2, 0) is 23.9 Å². The molecule has 0 aliphatic heterocycles. The van der Waals surface area contributed by atoms with Crippen molar-refractivity contribution >= 4 is 30.0 Å². The number of hydrogen-bond donors (Lipinski definition) is 2. The van der Waals surface area contributed by atoms with Crippen LogP contribution in [0.5, 0.6) is 0 Å². The quantitative estimate of drug-likeness (QED) is 0.503. The van der Waals surface area contributed by atoms with Gasteiger partial charge in [0, 0.05) is 7.05 Å². The maximum atomic E-state index is 13.5. The number of rotatable bonds is 10. The number of carbonyl (C=O) groups excluding carboxylic acids is 4. The van der Waals surface area contributed by atoms with Crippen molar-refractivity contribution in [1.82, 2.24) is 15.5 Å². The molecular weight excluding hydrogens is 438 g/mol. The molecule has 2 N–H and O–H groups in total. The summed E-state index contributed by atoms with van der Waals surface area (Å²) in [5, 5.41) is 5.15. The number of nitrogens with zero attached hydrogens (tertiary/aromatic N) is 1. The molecule has 1 rings (SSSR count). The molecule has 1 aromatic carbocycles. The molecule has 0 spiro atoms. The van der Waals surface area contributed by atoms with Crippen LogP contribution in [0.4, 0.5) is 4.79 Å². The summed E-state index contributed by atoms with van der Waals surface area (Å²) >= 11 is 0. The summed E-state index contributed by atoms with van der Waals surface area (Å²) in [7, 11) is 2.70. The number of benzene rings is 1. The first-order valence-electron chi connectivity index (χ1n) is 11.1. The van der Waals surface area contributed by atoms with E-state index in [1.54, 1.807) is 45.0 Å². The highest BCUT2D eigenvalue weighted by molar-refractivity contribution is 5.93. The number of methoxy groups -OCH3 is 1. The first kappa shape index (κ1) is 28.7. The van der Waals surface area contributed by atoms with E-state index in [0.29, 0.717) is 12.0 Å². The summed E-state index contributed by atoms with van der Waals surface area (Å²) in [5.41, 5.74) is 0.550. The van der Waals surface area contributed by atoms with E-state index in [2.05, 4.69) is 21.9 Å². The second kappa shape index (κ2) is 12.8. The summed E-state index contributed by atoms with van der Waals surface area (Å²) in [6, 6.07) is 5.02. The SMILES string of the molecule is C=Cc1cccc(C(C(=O)NCC(=O)OC)N(C)C(=O)C(CC(C)C)NC(=O)OC(C)(C)C)c1. The average molecular weight is 476 g/mol. The highest BCUT2D eigenvalue weighted by Crippen LogP contribution is 2.23. The van der Waals surface area contributed by atoms with Gasteiger partial charge < -0.3 is 25.0 Å². The zero-order valence-corrected chi connectivity index (χ0v) is 21.1. The van der Waals surface area contributed by atoms with Gasteiger partial charge in [-0.25, -0.2) is 4.79 Å². The van der Waals surface area contributed by atoms with Crippen molar-refractivity contribution in [3.05, 3.63) is 42.0 Å². The minimum atomic E-state index is -1.06. The summed E-state index contributed by atoms with van der Waals surface area (Å²) in [5.74, 6) is -1.58. The highest BCUT2D eigenvalue weighted by atomic mass is 16.6. The van der Waals surface area contributed by atoms with Crippen molar-refractivity contribution in [2.75, 3.05) is 20.7 Å². The Morgan fingerprint density at radius 2 is 1.82 bits per heavy atom. The smallest absolute Gasteiger partial charge is 0.408 e. The number of amides is 3. The molecule has 188 valence electrons. The van der Waals surface area contributed by atoms with Gasteiger partial charge in [0.2, 0.25) is 11.8 Å². The van der Waals surface area contributed by atoms with Crippen LogP contribution in [-0.4, -0.2) is 61.1 Å². The van der Waals surface area contributed by atoms with E-state index >= 15 is 0 Å². The first-order valence-corrected chi connectivity index (χ1v) is 11.1. The number of esters is 1. The third-order valence-corrected chi connectivity index (χ3v) is 4.78. The monoisotopic (exact) mass is 475 g/mol. The number of carbonyl (C=O) groups is 4. The van der Waals surface area contributed by atoms with Crippen molar-refractivity contribution in [2.24, 2.45) is 5.92 Å². The van der Waals surface area contributed by atoms with Crippen LogP contribution in [0.1, 0.15) is 58.2 Å². The van der Waals surface area contributed by atoms with Gasteiger partial charge >= 0.3 is 12.1 Å². The predicted octanol–water partition coefficient (Wildman–Crippen LogP) is 3.06. The Morgan fingerprint density at radius 3 is 2.35 bits per heavy atom. The number of ether oxygens (including phenoxy) is 2.